The van der Waals surface area contributed by atoms with Gasteiger partial charge < -0.3 is 10.4 Å². The van der Waals surface area contributed by atoms with E-state index in [4.69, 9.17) is 28.3 Å². The minimum absolute atomic E-state index is 0.00107. The largest absolute Gasteiger partial charge is 0.478 e. The van der Waals surface area contributed by atoms with Gasteiger partial charge in [0, 0.05) is 16.9 Å². The van der Waals surface area contributed by atoms with Crippen LogP contribution in [-0.4, -0.2) is 16.1 Å². The number of anilines is 2. The van der Waals surface area contributed by atoms with Gasteiger partial charge in [-0.05, 0) is 30.7 Å². The second kappa shape index (κ2) is 5.47. The zero-order valence-electron chi connectivity index (χ0n) is 9.95. The summed E-state index contributed by atoms with van der Waals surface area (Å²) in [5, 5.41) is 12.7. The van der Waals surface area contributed by atoms with Crippen molar-refractivity contribution in [1.82, 2.24) is 4.98 Å². The highest BCUT2D eigenvalue weighted by Crippen LogP contribution is 2.26. The van der Waals surface area contributed by atoms with Gasteiger partial charge in [-0.1, -0.05) is 29.3 Å². The zero-order chi connectivity index (χ0) is 14.0. The van der Waals surface area contributed by atoms with Crippen molar-refractivity contribution in [2.45, 2.75) is 6.92 Å². The number of hydrogen-bond acceptors (Lipinski definition) is 3. The third-order valence-electron chi connectivity index (χ3n) is 2.62. The summed E-state index contributed by atoms with van der Waals surface area (Å²) in [6.07, 6.45) is 1.30. The molecule has 0 atom stereocenters. The first-order chi connectivity index (χ1) is 8.99. The monoisotopic (exact) mass is 296 g/mol. The maximum atomic E-state index is 11.0. The van der Waals surface area contributed by atoms with Crippen molar-refractivity contribution < 1.29 is 9.90 Å². The number of carboxylic acid groups (broad SMARTS) is 1. The summed E-state index contributed by atoms with van der Waals surface area (Å²) in [4.78, 5) is 15.0. The number of rotatable bonds is 3. The van der Waals surface area contributed by atoms with Crippen LogP contribution in [0.15, 0.2) is 30.5 Å². The first-order valence-electron chi connectivity index (χ1n) is 5.40. The van der Waals surface area contributed by atoms with E-state index in [9.17, 15) is 4.79 Å². The van der Waals surface area contributed by atoms with Crippen molar-refractivity contribution in [2.24, 2.45) is 0 Å². The first kappa shape index (κ1) is 13.6. The fourth-order valence-corrected chi connectivity index (χ4v) is 1.91. The van der Waals surface area contributed by atoms with Crippen LogP contribution < -0.4 is 5.32 Å². The normalized spacial score (nSPS) is 10.3. The highest BCUT2D eigenvalue weighted by Gasteiger charge is 2.11. The predicted octanol–water partition coefficient (Wildman–Crippen LogP) is 4.14. The molecule has 0 fully saturated rings. The molecule has 0 saturated carbocycles. The van der Waals surface area contributed by atoms with Crippen molar-refractivity contribution in [2.75, 3.05) is 5.32 Å². The van der Waals surface area contributed by atoms with E-state index >= 15 is 0 Å². The summed E-state index contributed by atoms with van der Waals surface area (Å²) in [5.41, 5.74) is 1.62. The van der Waals surface area contributed by atoms with E-state index in [1.807, 2.05) is 13.0 Å². The lowest BCUT2D eigenvalue weighted by molar-refractivity contribution is 0.0697. The van der Waals surface area contributed by atoms with E-state index in [0.29, 0.717) is 10.8 Å². The number of carbonyl (C=O) groups is 1. The number of benzene rings is 1. The minimum atomic E-state index is -1.10. The molecule has 98 valence electrons. The van der Waals surface area contributed by atoms with Gasteiger partial charge in [0.15, 0.2) is 0 Å². The molecule has 0 spiro atoms. The first-order valence-corrected chi connectivity index (χ1v) is 6.15. The summed E-state index contributed by atoms with van der Waals surface area (Å²) < 4.78 is 0. The highest BCUT2D eigenvalue weighted by atomic mass is 35.5. The standard InChI is InChI=1S/C13H10Cl2N2O2/c1-7-9(14)3-2-4-11(7)17-12-5-8(13(18)19)10(15)6-16-12/h2-6H,1H3,(H,16,17)(H,18,19). The summed E-state index contributed by atoms with van der Waals surface area (Å²) in [6.45, 7) is 1.86. The van der Waals surface area contributed by atoms with Gasteiger partial charge in [0.2, 0.25) is 0 Å². The van der Waals surface area contributed by atoms with Gasteiger partial charge in [-0.2, -0.15) is 0 Å². The molecule has 19 heavy (non-hydrogen) atoms. The lowest BCUT2D eigenvalue weighted by Crippen LogP contribution is -2.02. The molecule has 0 radical (unpaired) electrons. The van der Waals surface area contributed by atoms with Crippen LogP contribution in [0.3, 0.4) is 0 Å². The van der Waals surface area contributed by atoms with Crippen molar-refractivity contribution in [3.05, 3.63) is 51.6 Å². The summed E-state index contributed by atoms with van der Waals surface area (Å²) in [6, 6.07) is 6.79. The fourth-order valence-electron chi connectivity index (χ4n) is 1.55. The van der Waals surface area contributed by atoms with Crippen LogP contribution in [0.5, 0.6) is 0 Å². The topological polar surface area (TPSA) is 62.2 Å². The van der Waals surface area contributed by atoms with Gasteiger partial charge in [-0.15, -0.1) is 0 Å². The Labute approximate surface area is 120 Å². The van der Waals surface area contributed by atoms with Gasteiger partial charge >= 0.3 is 5.97 Å². The number of nitrogens with one attached hydrogen (secondary N) is 1. The Kier molecular flexibility index (Phi) is 3.93. The zero-order valence-corrected chi connectivity index (χ0v) is 11.5. The molecule has 2 aromatic rings. The van der Waals surface area contributed by atoms with E-state index in [1.165, 1.54) is 12.3 Å². The molecule has 0 aliphatic heterocycles. The predicted molar refractivity (Wildman–Crippen MR) is 75.7 cm³/mol. The molecule has 0 aliphatic rings. The number of nitrogens with zero attached hydrogens (tertiary/aromatic N) is 1. The molecule has 0 unspecified atom stereocenters. The number of halogens is 2. The fraction of sp³-hybridized carbons (Fsp3) is 0.0769. The van der Waals surface area contributed by atoms with Gasteiger partial charge in [0.05, 0.1) is 10.6 Å². The molecule has 0 amide bonds. The molecule has 0 aliphatic carbocycles. The lowest BCUT2D eigenvalue weighted by Gasteiger charge is -2.10. The summed E-state index contributed by atoms with van der Waals surface area (Å²) in [7, 11) is 0. The molecule has 0 bridgehead atoms. The Balaban J connectivity index is 2.36. The summed E-state index contributed by atoms with van der Waals surface area (Å²) >= 11 is 11.8. The second-order valence-corrected chi connectivity index (χ2v) is 4.71. The van der Waals surface area contributed by atoms with Crippen LogP contribution in [0.2, 0.25) is 10.0 Å². The maximum Gasteiger partial charge on any atom is 0.337 e. The quantitative estimate of drug-likeness (QED) is 0.893. The van der Waals surface area contributed by atoms with Gasteiger partial charge in [0.1, 0.15) is 5.82 Å². The number of carboxylic acids is 1. The van der Waals surface area contributed by atoms with E-state index in [0.717, 1.165) is 11.3 Å². The van der Waals surface area contributed by atoms with E-state index < -0.39 is 5.97 Å². The molecular weight excluding hydrogens is 287 g/mol. The average Bonchev–Trinajstić information content (AvgIpc) is 2.37. The van der Waals surface area contributed by atoms with Gasteiger partial charge in [-0.3, -0.25) is 0 Å². The minimum Gasteiger partial charge on any atom is -0.478 e. The van der Waals surface area contributed by atoms with Crippen LogP contribution in [0.4, 0.5) is 11.5 Å². The number of hydrogen-bond donors (Lipinski definition) is 2. The molecule has 1 aromatic carbocycles. The molecule has 4 nitrogen and oxygen atoms in total. The molecule has 2 N–H and O–H groups in total. The number of aromatic nitrogens is 1. The second-order valence-electron chi connectivity index (χ2n) is 3.89. The van der Waals surface area contributed by atoms with Crippen LogP contribution in [0.1, 0.15) is 15.9 Å². The molecule has 6 heteroatoms. The molecule has 1 heterocycles. The van der Waals surface area contributed by atoms with Crippen molar-refractivity contribution >= 4 is 40.7 Å². The van der Waals surface area contributed by atoms with E-state index in [1.54, 1.807) is 12.1 Å². The van der Waals surface area contributed by atoms with Crippen LogP contribution in [0.25, 0.3) is 0 Å². The number of pyridine rings is 1. The van der Waals surface area contributed by atoms with Gasteiger partial charge in [0.25, 0.3) is 0 Å². The molecular formula is C13H10Cl2N2O2. The smallest absolute Gasteiger partial charge is 0.337 e. The van der Waals surface area contributed by atoms with Crippen molar-refractivity contribution in [1.29, 1.82) is 0 Å². The maximum absolute atomic E-state index is 11.0. The third-order valence-corrected chi connectivity index (χ3v) is 3.33. The Morgan fingerprint density at radius 2 is 2.05 bits per heavy atom. The molecule has 2 rings (SSSR count). The third kappa shape index (κ3) is 2.97. The van der Waals surface area contributed by atoms with Crippen molar-refractivity contribution in [3.63, 3.8) is 0 Å². The average molecular weight is 297 g/mol. The van der Waals surface area contributed by atoms with Gasteiger partial charge in [-0.25, -0.2) is 9.78 Å². The van der Waals surface area contributed by atoms with Crippen LogP contribution in [0, 0.1) is 6.92 Å². The lowest BCUT2D eigenvalue weighted by atomic mass is 10.2. The summed E-state index contributed by atoms with van der Waals surface area (Å²) in [5.74, 6) is -0.703. The van der Waals surface area contributed by atoms with Crippen LogP contribution >= 0.6 is 23.2 Å². The SMILES string of the molecule is Cc1c(Cl)cccc1Nc1cc(C(=O)O)c(Cl)cn1. The van der Waals surface area contributed by atoms with Crippen LogP contribution in [-0.2, 0) is 0 Å². The Morgan fingerprint density at radius 3 is 2.74 bits per heavy atom. The van der Waals surface area contributed by atoms with E-state index in [-0.39, 0.29) is 10.6 Å². The Morgan fingerprint density at radius 1 is 1.32 bits per heavy atom. The Bertz CT molecular complexity index is 645. The molecule has 1 aromatic heterocycles. The van der Waals surface area contributed by atoms with Crippen molar-refractivity contribution in [3.8, 4) is 0 Å². The van der Waals surface area contributed by atoms with E-state index in [2.05, 4.69) is 10.3 Å². The Hall–Kier alpha value is -1.78. The highest BCUT2D eigenvalue weighted by molar-refractivity contribution is 6.33. The number of aromatic carboxylic acids is 1. The molecule has 0 saturated heterocycles.